The number of aryl methyl sites for hydroxylation is 1. The molecule has 28 heavy (non-hydrogen) atoms. The summed E-state index contributed by atoms with van der Waals surface area (Å²) in [6.45, 7) is 0. The van der Waals surface area contributed by atoms with Gasteiger partial charge in [0.1, 0.15) is 6.04 Å². The van der Waals surface area contributed by atoms with Crippen molar-refractivity contribution < 1.29 is 24.1 Å². The van der Waals surface area contributed by atoms with Gasteiger partial charge in [-0.05, 0) is 30.6 Å². The van der Waals surface area contributed by atoms with Crippen LogP contribution >= 0.6 is 0 Å². The number of carboxylic acids is 1. The van der Waals surface area contributed by atoms with Gasteiger partial charge in [-0.3, -0.25) is 4.99 Å². The predicted octanol–water partition coefficient (Wildman–Crippen LogP) is 1.00. The summed E-state index contributed by atoms with van der Waals surface area (Å²) in [6, 6.07) is 9.86. The number of hydrogen-bond donors (Lipinski definition) is 0. The van der Waals surface area contributed by atoms with E-state index in [2.05, 4.69) is 15.0 Å². The van der Waals surface area contributed by atoms with E-state index in [0.717, 1.165) is 5.56 Å². The summed E-state index contributed by atoms with van der Waals surface area (Å²) in [5.41, 5.74) is -0.282. The van der Waals surface area contributed by atoms with Crippen LogP contribution in [0.3, 0.4) is 0 Å². The first-order chi connectivity index (χ1) is 13.6. The number of dihydropyridines is 1. The van der Waals surface area contributed by atoms with Crippen LogP contribution in [-0.4, -0.2) is 48.0 Å². The lowest BCUT2D eigenvalue weighted by Crippen LogP contribution is -2.55. The number of nitrogens with zero attached hydrogens (tertiary/aromatic N) is 3. The molecule has 0 saturated carbocycles. The molecule has 3 rings (SSSR count). The van der Waals surface area contributed by atoms with Gasteiger partial charge in [0.05, 0.1) is 26.3 Å². The SMILES string of the molecule is COc1cc(OC)nc(OC2(CCc3ccccc3)C=CC=NC2C(=O)[O-])n1. The van der Waals surface area contributed by atoms with Crippen molar-refractivity contribution in [2.45, 2.75) is 24.5 Å². The normalized spacial score (nSPS) is 20.6. The lowest BCUT2D eigenvalue weighted by atomic mass is 9.85. The van der Waals surface area contributed by atoms with E-state index in [9.17, 15) is 9.90 Å². The predicted molar refractivity (Wildman–Crippen MR) is 99.7 cm³/mol. The zero-order valence-electron chi connectivity index (χ0n) is 15.6. The molecule has 1 aliphatic rings. The van der Waals surface area contributed by atoms with Crippen LogP contribution in [0.1, 0.15) is 12.0 Å². The Balaban J connectivity index is 1.95. The number of ether oxygens (including phenoxy) is 3. The fraction of sp³-hybridized carbons (Fsp3) is 0.300. The highest BCUT2D eigenvalue weighted by Crippen LogP contribution is 2.31. The van der Waals surface area contributed by atoms with Crippen LogP contribution in [0.4, 0.5) is 0 Å². The Morgan fingerprint density at radius 3 is 2.43 bits per heavy atom. The van der Waals surface area contributed by atoms with E-state index >= 15 is 0 Å². The average Bonchev–Trinajstić information content (AvgIpc) is 2.73. The van der Waals surface area contributed by atoms with Gasteiger partial charge in [0.15, 0.2) is 5.60 Å². The molecule has 146 valence electrons. The Bertz CT molecular complexity index is 862. The van der Waals surface area contributed by atoms with Crippen LogP contribution < -0.4 is 19.3 Å². The number of benzene rings is 1. The van der Waals surface area contributed by atoms with Crippen LogP contribution in [-0.2, 0) is 11.2 Å². The average molecular weight is 382 g/mol. The fourth-order valence-electron chi connectivity index (χ4n) is 2.97. The zero-order valence-corrected chi connectivity index (χ0v) is 15.6. The van der Waals surface area contributed by atoms with Crippen molar-refractivity contribution >= 4 is 12.2 Å². The molecule has 0 bridgehead atoms. The summed E-state index contributed by atoms with van der Waals surface area (Å²) in [4.78, 5) is 24.2. The third kappa shape index (κ3) is 4.28. The molecule has 8 heteroatoms. The summed E-state index contributed by atoms with van der Waals surface area (Å²) < 4.78 is 16.3. The molecule has 2 atom stereocenters. The van der Waals surface area contributed by atoms with Crippen molar-refractivity contribution in [2.75, 3.05) is 14.2 Å². The van der Waals surface area contributed by atoms with E-state index in [4.69, 9.17) is 14.2 Å². The van der Waals surface area contributed by atoms with Crippen molar-refractivity contribution in [3.63, 3.8) is 0 Å². The molecular weight excluding hydrogens is 362 g/mol. The van der Waals surface area contributed by atoms with Crippen LogP contribution in [0.25, 0.3) is 0 Å². The van der Waals surface area contributed by atoms with Crippen LogP contribution in [0, 0.1) is 0 Å². The quantitative estimate of drug-likeness (QED) is 0.670. The van der Waals surface area contributed by atoms with Gasteiger partial charge in [-0.2, -0.15) is 9.97 Å². The number of hydrogen-bond acceptors (Lipinski definition) is 8. The highest BCUT2D eigenvalue weighted by atomic mass is 16.5. The molecule has 2 aromatic rings. The molecule has 0 saturated heterocycles. The molecule has 8 nitrogen and oxygen atoms in total. The largest absolute Gasteiger partial charge is 0.548 e. The molecule has 0 amide bonds. The number of carbonyl (C=O) groups is 1. The van der Waals surface area contributed by atoms with Crippen molar-refractivity contribution in [3.8, 4) is 17.8 Å². The second kappa shape index (κ2) is 8.51. The lowest BCUT2D eigenvalue weighted by molar-refractivity contribution is -0.310. The van der Waals surface area contributed by atoms with Crippen LogP contribution in [0.2, 0.25) is 0 Å². The van der Waals surface area contributed by atoms with Gasteiger partial charge in [-0.1, -0.05) is 30.3 Å². The van der Waals surface area contributed by atoms with Gasteiger partial charge in [0, 0.05) is 6.21 Å². The Morgan fingerprint density at radius 1 is 1.14 bits per heavy atom. The number of rotatable bonds is 8. The number of methoxy groups -OCH3 is 2. The van der Waals surface area contributed by atoms with Crippen molar-refractivity contribution in [2.24, 2.45) is 4.99 Å². The molecule has 1 aromatic carbocycles. The second-order valence-corrected chi connectivity index (χ2v) is 6.16. The number of aliphatic imine (C=N–C) groups is 1. The summed E-state index contributed by atoms with van der Waals surface area (Å²) in [5.74, 6) is -0.884. The van der Waals surface area contributed by atoms with E-state index in [1.54, 1.807) is 12.2 Å². The molecule has 0 aliphatic carbocycles. The number of carboxylic acid groups (broad SMARTS) is 1. The first-order valence-electron chi connectivity index (χ1n) is 8.68. The maximum absolute atomic E-state index is 11.8. The van der Waals surface area contributed by atoms with Crippen molar-refractivity contribution in [3.05, 3.63) is 54.1 Å². The maximum Gasteiger partial charge on any atom is 0.324 e. The Labute approximate surface area is 162 Å². The molecule has 0 radical (unpaired) electrons. The minimum atomic E-state index is -1.34. The summed E-state index contributed by atoms with van der Waals surface area (Å²) in [6.07, 6.45) is 5.59. The van der Waals surface area contributed by atoms with Crippen LogP contribution in [0.15, 0.2) is 53.5 Å². The molecule has 2 unspecified atom stereocenters. The molecule has 0 fully saturated rings. The smallest absolute Gasteiger partial charge is 0.324 e. The highest BCUT2D eigenvalue weighted by molar-refractivity contribution is 5.82. The minimum absolute atomic E-state index is 0.0720. The topological polar surface area (TPSA) is 106 Å². The summed E-state index contributed by atoms with van der Waals surface area (Å²) in [5, 5.41) is 11.8. The van der Waals surface area contributed by atoms with Crippen molar-refractivity contribution in [1.29, 1.82) is 0 Å². The van der Waals surface area contributed by atoms with E-state index in [-0.39, 0.29) is 17.8 Å². The Kier molecular flexibility index (Phi) is 5.88. The molecule has 2 heterocycles. The highest BCUT2D eigenvalue weighted by Gasteiger charge is 2.41. The van der Waals surface area contributed by atoms with E-state index in [1.165, 1.54) is 26.5 Å². The van der Waals surface area contributed by atoms with E-state index in [0.29, 0.717) is 12.8 Å². The van der Waals surface area contributed by atoms with Gasteiger partial charge in [0.2, 0.25) is 11.8 Å². The minimum Gasteiger partial charge on any atom is -0.548 e. The van der Waals surface area contributed by atoms with Gasteiger partial charge in [0.25, 0.3) is 0 Å². The zero-order chi connectivity index (χ0) is 20.0. The van der Waals surface area contributed by atoms with Gasteiger partial charge in [-0.25, -0.2) is 0 Å². The Morgan fingerprint density at radius 2 is 1.82 bits per heavy atom. The Hall–Kier alpha value is -3.42. The molecule has 1 aliphatic heterocycles. The molecule has 0 spiro atoms. The standard InChI is InChI=1S/C20H21N3O5/c1-26-15-13-16(27-2)23-19(22-15)28-20(10-6-12-21-17(20)18(24)25)11-9-14-7-4-3-5-8-14/h3-8,10,12-13,17H,9,11H2,1-2H3,(H,24,25)/p-1. The molecule has 1 aromatic heterocycles. The number of allylic oxidation sites excluding steroid dienone is 1. The maximum atomic E-state index is 11.8. The van der Waals surface area contributed by atoms with E-state index < -0.39 is 17.6 Å². The fourth-order valence-corrected chi connectivity index (χ4v) is 2.97. The second-order valence-electron chi connectivity index (χ2n) is 6.16. The third-order valence-corrected chi connectivity index (χ3v) is 4.39. The number of carbonyl (C=O) groups excluding carboxylic acids is 1. The van der Waals surface area contributed by atoms with Gasteiger partial charge >= 0.3 is 6.01 Å². The first kappa shape index (κ1) is 19.3. The summed E-state index contributed by atoms with van der Waals surface area (Å²) in [7, 11) is 2.90. The number of aromatic nitrogens is 2. The van der Waals surface area contributed by atoms with E-state index in [1.807, 2.05) is 30.3 Å². The molecular formula is C20H20N3O5-. The monoisotopic (exact) mass is 382 g/mol. The van der Waals surface area contributed by atoms with Gasteiger partial charge in [-0.15, -0.1) is 0 Å². The lowest BCUT2D eigenvalue weighted by Gasteiger charge is -2.37. The summed E-state index contributed by atoms with van der Waals surface area (Å²) >= 11 is 0. The first-order valence-corrected chi connectivity index (χ1v) is 8.68. The van der Waals surface area contributed by atoms with Gasteiger partial charge < -0.3 is 24.1 Å². The number of aliphatic carboxylic acids is 1. The third-order valence-electron chi connectivity index (χ3n) is 4.39. The molecule has 0 N–H and O–H groups in total. The van der Waals surface area contributed by atoms with Crippen molar-refractivity contribution in [1.82, 2.24) is 9.97 Å². The van der Waals surface area contributed by atoms with Crippen LogP contribution in [0.5, 0.6) is 17.8 Å².